The molecule has 0 spiro atoms. The van der Waals surface area contributed by atoms with Gasteiger partial charge in [0.05, 0.1) is 5.75 Å². The summed E-state index contributed by atoms with van der Waals surface area (Å²) in [7, 11) is -3.31. The lowest BCUT2D eigenvalue weighted by Gasteiger charge is -2.12. The number of hydrogen-bond acceptors (Lipinski definition) is 4. The van der Waals surface area contributed by atoms with Gasteiger partial charge in [0.15, 0.2) is 0 Å². The molecule has 0 fully saturated rings. The van der Waals surface area contributed by atoms with Crippen molar-refractivity contribution in [3.05, 3.63) is 41.7 Å². The maximum atomic E-state index is 12.7. The summed E-state index contributed by atoms with van der Waals surface area (Å²) < 4.78 is 35.5. The van der Waals surface area contributed by atoms with E-state index in [-0.39, 0.29) is 17.9 Å². The van der Waals surface area contributed by atoms with Crippen LogP contribution in [-0.4, -0.2) is 42.9 Å². The molecular weight excluding hydrogens is 325 g/mol. The second-order valence-corrected chi connectivity index (χ2v) is 7.28. The van der Waals surface area contributed by atoms with E-state index >= 15 is 0 Å². The SMILES string of the molecule is CCS(=O)(=O)CCC(NC(=O)/C=C/c1ccc(F)cc1)C(=O)O. The number of carboxylic acid groups (broad SMARTS) is 1. The molecular formula is C15H18FNO5S. The van der Waals surface area contributed by atoms with Crippen LogP contribution < -0.4 is 5.32 Å². The maximum absolute atomic E-state index is 12.7. The highest BCUT2D eigenvalue weighted by Gasteiger charge is 2.21. The minimum Gasteiger partial charge on any atom is -0.480 e. The van der Waals surface area contributed by atoms with E-state index in [4.69, 9.17) is 5.11 Å². The molecule has 1 atom stereocenters. The number of carbonyl (C=O) groups is 2. The molecule has 126 valence electrons. The number of nitrogens with one attached hydrogen (secondary N) is 1. The molecule has 1 amide bonds. The van der Waals surface area contributed by atoms with Gasteiger partial charge in [0.25, 0.3) is 0 Å². The predicted molar refractivity (Wildman–Crippen MR) is 83.9 cm³/mol. The van der Waals surface area contributed by atoms with Gasteiger partial charge in [-0.2, -0.15) is 0 Å². The average molecular weight is 343 g/mol. The fourth-order valence-electron chi connectivity index (χ4n) is 1.66. The highest BCUT2D eigenvalue weighted by Crippen LogP contribution is 2.05. The lowest BCUT2D eigenvalue weighted by atomic mass is 10.2. The standard InChI is InChI=1S/C15H18FNO5S/c1-2-23(21,22)10-9-13(15(19)20)17-14(18)8-5-11-3-6-12(16)7-4-11/h3-8,13H,2,9-10H2,1H3,(H,17,18)(H,19,20)/b8-5+. The molecule has 0 aliphatic carbocycles. The average Bonchev–Trinajstić information content (AvgIpc) is 2.50. The number of carboxylic acids is 1. The molecule has 6 nitrogen and oxygen atoms in total. The van der Waals surface area contributed by atoms with Crippen molar-refractivity contribution in [2.45, 2.75) is 19.4 Å². The number of hydrogen-bond donors (Lipinski definition) is 2. The van der Waals surface area contributed by atoms with Crippen molar-refractivity contribution in [2.24, 2.45) is 0 Å². The van der Waals surface area contributed by atoms with Crippen molar-refractivity contribution in [1.29, 1.82) is 0 Å². The van der Waals surface area contributed by atoms with Crippen LogP contribution in [0.1, 0.15) is 18.9 Å². The molecule has 0 aliphatic rings. The van der Waals surface area contributed by atoms with E-state index in [1.807, 2.05) is 0 Å². The van der Waals surface area contributed by atoms with E-state index in [2.05, 4.69) is 5.32 Å². The van der Waals surface area contributed by atoms with Crippen molar-refractivity contribution in [3.63, 3.8) is 0 Å². The molecule has 0 saturated carbocycles. The quantitative estimate of drug-likeness (QED) is 0.692. The summed E-state index contributed by atoms with van der Waals surface area (Å²) in [6, 6.07) is 4.09. The predicted octanol–water partition coefficient (Wildman–Crippen LogP) is 1.23. The first-order chi connectivity index (χ1) is 10.7. The number of halogens is 1. The second-order valence-electron chi connectivity index (χ2n) is 4.81. The van der Waals surface area contributed by atoms with Crippen LogP contribution in [0, 0.1) is 5.82 Å². The monoisotopic (exact) mass is 343 g/mol. The van der Waals surface area contributed by atoms with Crippen LogP contribution in [0.2, 0.25) is 0 Å². The molecule has 23 heavy (non-hydrogen) atoms. The first-order valence-electron chi connectivity index (χ1n) is 6.91. The van der Waals surface area contributed by atoms with Gasteiger partial charge in [0.1, 0.15) is 21.7 Å². The molecule has 0 bridgehead atoms. The van der Waals surface area contributed by atoms with Crippen LogP contribution in [0.25, 0.3) is 6.08 Å². The lowest BCUT2D eigenvalue weighted by molar-refractivity contribution is -0.141. The molecule has 1 aromatic rings. The molecule has 1 aromatic carbocycles. The third-order valence-electron chi connectivity index (χ3n) is 3.07. The Morgan fingerprint density at radius 2 is 1.91 bits per heavy atom. The van der Waals surface area contributed by atoms with Gasteiger partial charge in [-0.25, -0.2) is 17.6 Å². The van der Waals surface area contributed by atoms with Crippen molar-refractivity contribution in [2.75, 3.05) is 11.5 Å². The molecule has 0 heterocycles. The number of amides is 1. The summed E-state index contributed by atoms with van der Waals surface area (Å²) in [6.07, 6.45) is 2.30. The number of carbonyl (C=O) groups excluding carboxylic acids is 1. The Bertz CT molecular complexity index is 682. The Morgan fingerprint density at radius 3 is 2.43 bits per heavy atom. The first-order valence-corrected chi connectivity index (χ1v) is 8.73. The van der Waals surface area contributed by atoms with Gasteiger partial charge in [-0.15, -0.1) is 0 Å². The Kier molecular flexibility index (Phi) is 6.89. The maximum Gasteiger partial charge on any atom is 0.326 e. The van der Waals surface area contributed by atoms with Crippen LogP contribution in [-0.2, 0) is 19.4 Å². The Morgan fingerprint density at radius 1 is 1.30 bits per heavy atom. The van der Waals surface area contributed by atoms with Crippen LogP contribution in [0.5, 0.6) is 0 Å². The van der Waals surface area contributed by atoms with E-state index < -0.39 is 33.6 Å². The van der Waals surface area contributed by atoms with Crippen molar-refractivity contribution >= 4 is 27.8 Å². The fourth-order valence-corrected chi connectivity index (χ4v) is 2.55. The molecule has 1 rings (SSSR count). The Balaban J connectivity index is 2.63. The summed E-state index contributed by atoms with van der Waals surface area (Å²) in [5.41, 5.74) is 0.571. The summed E-state index contributed by atoms with van der Waals surface area (Å²) in [5.74, 6) is -2.79. The molecule has 1 unspecified atom stereocenters. The van der Waals surface area contributed by atoms with Crippen LogP contribution in [0.4, 0.5) is 4.39 Å². The third-order valence-corrected chi connectivity index (χ3v) is 4.81. The molecule has 0 radical (unpaired) electrons. The van der Waals surface area contributed by atoms with Gasteiger partial charge in [-0.05, 0) is 30.2 Å². The largest absolute Gasteiger partial charge is 0.480 e. The zero-order valence-corrected chi connectivity index (χ0v) is 13.3. The molecule has 8 heteroatoms. The van der Waals surface area contributed by atoms with Gasteiger partial charge in [-0.1, -0.05) is 19.1 Å². The van der Waals surface area contributed by atoms with Gasteiger partial charge < -0.3 is 10.4 Å². The summed E-state index contributed by atoms with van der Waals surface area (Å²) in [4.78, 5) is 22.8. The molecule has 0 saturated heterocycles. The van der Waals surface area contributed by atoms with Crippen LogP contribution in [0.3, 0.4) is 0 Å². The van der Waals surface area contributed by atoms with Gasteiger partial charge in [0.2, 0.25) is 5.91 Å². The van der Waals surface area contributed by atoms with Crippen LogP contribution in [0.15, 0.2) is 30.3 Å². The molecule has 0 aromatic heterocycles. The van der Waals surface area contributed by atoms with E-state index in [0.29, 0.717) is 5.56 Å². The Labute approximate surface area is 133 Å². The number of aliphatic carboxylic acids is 1. The van der Waals surface area contributed by atoms with Gasteiger partial charge >= 0.3 is 5.97 Å². The minimum absolute atomic E-state index is 0.0856. The minimum atomic E-state index is -3.31. The van der Waals surface area contributed by atoms with Crippen molar-refractivity contribution in [3.8, 4) is 0 Å². The topological polar surface area (TPSA) is 101 Å². The van der Waals surface area contributed by atoms with Gasteiger partial charge in [0, 0.05) is 11.8 Å². The number of rotatable bonds is 8. The highest BCUT2D eigenvalue weighted by atomic mass is 32.2. The normalized spacial score (nSPS) is 13.0. The van der Waals surface area contributed by atoms with Crippen molar-refractivity contribution in [1.82, 2.24) is 5.32 Å². The third kappa shape index (κ3) is 7.05. The Hall–Kier alpha value is -2.22. The van der Waals surface area contributed by atoms with Crippen LogP contribution >= 0.6 is 0 Å². The first kappa shape index (κ1) is 18.8. The lowest BCUT2D eigenvalue weighted by Crippen LogP contribution is -2.41. The van der Waals surface area contributed by atoms with Crippen molar-refractivity contribution < 1.29 is 27.5 Å². The van der Waals surface area contributed by atoms with E-state index in [9.17, 15) is 22.4 Å². The zero-order chi connectivity index (χ0) is 17.5. The summed E-state index contributed by atoms with van der Waals surface area (Å²) in [6.45, 7) is 1.47. The molecule has 2 N–H and O–H groups in total. The molecule has 0 aliphatic heterocycles. The zero-order valence-electron chi connectivity index (χ0n) is 12.5. The van der Waals surface area contributed by atoms with E-state index in [1.165, 1.54) is 37.3 Å². The number of benzene rings is 1. The van der Waals surface area contributed by atoms with E-state index in [1.54, 1.807) is 0 Å². The van der Waals surface area contributed by atoms with Gasteiger partial charge in [-0.3, -0.25) is 4.79 Å². The summed E-state index contributed by atoms with van der Waals surface area (Å²) >= 11 is 0. The number of sulfone groups is 1. The smallest absolute Gasteiger partial charge is 0.326 e. The second kappa shape index (κ2) is 8.42. The highest BCUT2D eigenvalue weighted by molar-refractivity contribution is 7.91. The summed E-state index contributed by atoms with van der Waals surface area (Å²) in [5, 5.41) is 11.3. The fraction of sp³-hybridized carbons (Fsp3) is 0.333. The van der Waals surface area contributed by atoms with E-state index in [0.717, 1.165) is 6.08 Å².